The molecule has 122 valence electrons. The van der Waals surface area contributed by atoms with Crippen LogP contribution < -0.4 is 21.0 Å². The highest BCUT2D eigenvalue weighted by Gasteiger charge is 2.20. The lowest BCUT2D eigenvalue weighted by Crippen LogP contribution is -2.38. The normalized spacial score (nSPS) is 14.9. The SMILES string of the molecule is COn1c(N[C@@H](C)c2ccc(I)cc2)nc2c(c1=O)CNCC2. The van der Waals surface area contributed by atoms with E-state index in [1.54, 1.807) is 0 Å². The van der Waals surface area contributed by atoms with Gasteiger partial charge in [-0.1, -0.05) is 12.1 Å². The molecule has 0 saturated carbocycles. The summed E-state index contributed by atoms with van der Waals surface area (Å²) in [5, 5.41) is 6.49. The zero-order valence-corrected chi connectivity index (χ0v) is 15.3. The molecule has 2 aromatic rings. The Morgan fingerprint density at radius 2 is 2.13 bits per heavy atom. The van der Waals surface area contributed by atoms with E-state index in [0.29, 0.717) is 18.1 Å². The molecule has 7 heteroatoms. The maximum atomic E-state index is 12.5. The van der Waals surface area contributed by atoms with Crippen molar-refractivity contribution in [2.45, 2.75) is 25.9 Å². The molecular weight excluding hydrogens is 407 g/mol. The lowest BCUT2D eigenvalue weighted by atomic mass is 10.1. The van der Waals surface area contributed by atoms with E-state index >= 15 is 0 Å². The van der Waals surface area contributed by atoms with Gasteiger partial charge in [0, 0.05) is 23.1 Å². The summed E-state index contributed by atoms with van der Waals surface area (Å²) >= 11 is 2.28. The van der Waals surface area contributed by atoms with Gasteiger partial charge in [-0.3, -0.25) is 4.79 Å². The van der Waals surface area contributed by atoms with Gasteiger partial charge < -0.3 is 15.5 Å². The summed E-state index contributed by atoms with van der Waals surface area (Å²) in [7, 11) is 1.48. The Morgan fingerprint density at radius 3 is 2.83 bits per heavy atom. The molecule has 0 unspecified atom stereocenters. The summed E-state index contributed by atoms with van der Waals surface area (Å²) in [5.41, 5.74) is 2.51. The van der Waals surface area contributed by atoms with Crippen LogP contribution in [0.4, 0.5) is 5.95 Å². The maximum absolute atomic E-state index is 12.5. The number of hydrogen-bond donors (Lipinski definition) is 2. The first-order valence-electron chi connectivity index (χ1n) is 7.52. The molecule has 1 aromatic carbocycles. The van der Waals surface area contributed by atoms with E-state index in [9.17, 15) is 4.79 Å². The summed E-state index contributed by atoms with van der Waals surface area (Å²) in [6.45, 7) is 3.41. The van der Waals surface area contributed by atoms with Crippen LogP contribution in [-0.4, -0.2) is 23.4 Å². The van der Waals surface area contributed by atoms with Gasteiger partial charge in [-0.2, -0.15) is 0 Å². The second-order valence-corrected chi connectivity index (χ2v) is 6.73. The van der Waals surface area contributed by atoms with E-state index in [1.165, 1.54) is 15.4 Å². The molecule has 1 aliphatic heterocycles. The third-order valence-corrected chi connectivity index (χ3v) is 4.68. The predicted molar refractivity (Wildman–Crippen MR) is 97.6 cm³/mol. The van der Waals surface area contributed by atoms with Crippen LogP contribution in [0.25, 0.3) is 0 Å². The van der Waals surface area contributed by atoms with Crippen molar-refractivity contribution < 1.29 is 4.84 Å². The van der Waals surface area contributed by atoms with E-state index < -0.39 is 0 Å². The highest BCUT2D eigenvalue weighted by Crippen LogP contribution is 2.19. The average Bonchev–Trinajstić information content (AvgIpc) is 2.56. The number of aromatic nitrogens is 2. The van der Waals surface area contributed by atoms with Crippen LogP contribution in [0.1, 0.15) is 29.8 Å². The van der Waals surface area contributed by atoms with Crippen LogP contribution in [0.2, 0.25) is 0 Å². The minimum Gasteiger partial charge on any atom is -0.411 e. The van der Waals surface area contributed by atoms with Gasteiger partial charge in [0.2, 0.25) is 5.95 Å². The predicted octanol–water partition coefficient (Wildman–Crippen LogP) is 1.73. The molecule has 0 spiro atoms. The number of nitrogens with zero attached hydrogens (tertiary/aromatic N) is 2. The van der Waals surface area contributed by atoms with Gasteiger partial charge in [0.15, 0.2) is 0 Å². The van der Waals surface area contributed by atoms with Crippen molar-refractivity contribution in [2.75, 3.05) is 19.0 Å². The lowest BCUT2D eigenvalue weighted by Gasteiger charge is -2.22. The van der Waals surface area contributed by atoms with Gasteiger partial charge in [-0.05, 0) is 47.2 Å². The number of halogens is 1. The van der Waals surface area contributed by atoms with Crippen LogP contribution in [0.15, 0.2) is 29.1 Å². The fourth-order valence-corrected chi connectivity index (χ4v) is 3.04. The molecule has 0 fully saturated rings. The standard InChI is InChI=1S/C16H19IN4O2/c1-10(11-3-5-12(17)6-4-11)19-16-20-14-7-8-18-9-13(14)15(22)21(16)23-2/h3-6,10,18H,7-9H2,1-2H3,(H,19,20)/t10-/m0/s1. The van der Waals surface area contributed by atoms with E-state index in [2.05, 4.69) is 62.5 Å². The summed E-state index contributed by atoms with van der Waals surface area (Å²) in [4.78, 5) is 22.4. The fraction of sp³-hybridized carbons (Fsp3) is 0.375. The molecule has 0 radical (unpaired) electrons. The Morgan fingerprint density at radius 1 is 1.39 bits per heavy atom. The second-order valence-electron chi connectivity index (χ2n) is 5.49. The topological polar surface area (TPSA) is 68.2 Å². The molecule has 0 bridgehead atoms. The van der Waals surface area contributed by atoms with Crippen LogP contribution in [0, 0.1) is 3.57 Å². The average molecular weight is 426 g/mol. The van der Waals surface area contributed by atoms with Crippen LogP contribution >= 0.6 is 22.6 Å². The van der Waals surface area contributed by atoms with Crippen molar-refractivity contribution in [3.05, 3.63) is 55.0 Å². The summed E-state index contributed by atoms with van der Waals surface area (Å²) in [6, 6.07) is 8.26. The van der Waals surface area contributed by atoms with Gasteiger partial charge in [0.25, 0.3) is 5.56 Å². The molecule has 2 N–H and O–H groups in total. The third-order valence-electron chi connectivity index (χ3n) is 3.96. The van der Waals surface area contributed by atoms with E-state index in [4.69, 9.17) is 4.84 Å². The number of benzene rings is 1. The Balaban J connectivity index is 1.94. The molecule has 3 rings (SSSR count). The first kappa shape index (κ1) is 16.3. The van der Waals surface area contributed by atoms with Crippen molar-refractivity contribution in [1.29, 1.82) is 0 Å². The Labute approximate surface area is 148 Å². The van der Waals surface area contributed by atoms with E-state index in [-0.39, 0.29) is 11.6 Å². The quantitative estimate of drug-likeness (QED) is 0.730. The lowest BCUT2D eigenvalue weighted by molar-refractivity contribution is 0.157. The fourth-order valence-electron chi connectivity index (χ4n) is 2.68. The minimum atomic E-state index is -0.151. The molecular formula is C16H19IN4O2. The number of anilines is 1. The molecule has 0 aliphatic carbocycles. The zero-order valence-electron chi connectivity index (χ0n) is 13.1. The van der Waals surface area contributed by atoms with Gasteiger partial charge in [0.05, 0.1) is 17.3 Å². The number of rotatable bonds is 4. The number of nitrogens with one attached hydrogen (secondary N) is 2. The zero-order chi connectivity index (χ0) is 16.4. The Bertz CT molecular complexity index is 758. The van der Waals surface area contributed by atoms with Crippen LogP contribution in [-0.2, 0) is 13.0 Å². The summed E-state index contributed by atoms with van der Waals surface area (Å²) in [5.74, 6) is 0.448. The number of hydrogen-bond acceptors (Lipinski definition) is 5. The van der Waals surface area contributed by atoms with Crippen molar-refractivity contribution in [3.63, 3.8) is 0 Å². The first-order chi connectivity index (χ1) is 11.1. The molecule has 2 heterocycles. The molecule has 1 aromatic heterocycles. The Hall–Kier alpha value is -1.61. The molecule has 23 heavy (non-hydrogen) atoms. The highest BCUT2D eigenvalue weighted by atomic mass is 127. The summed E-state index contributed by atoms with van der Waals surface area (Å²) in [6.07, 6.45) is 0.752. The first-order valence-corrected chi connectivity index (χ1v) is 8.60. The van der Waals surface area contributed by atoms with E-state index in [1.807, 2.05) is 6.92 Å². The van der Waals surface area contributed by atoms with Gasteiger partial charge in [-0.25, -0.2) is 4.98 Å². The van der Waals surface area contributed by atoms with E-state index in [0.717, 1.165) is 24.2 Å². The molecule has 1 aliphatic rings. The largest absolute Gasteiger partial charge is 0.411 e. The van der Waals surface area contributed by atoms with Gasteiger partial charge in [0.1, 0.15) is 7.11 Å². The molecule has 0 saturated heterocycles. The van der Waals surface area contributed by atoms with Crippen LogP contribution in [0.5, 0.6) is 0 Å². The summed E-state index contributed by atoms with van der Waals surface area (Å²) < 4.78 is 2.42. The molecule has 6 nitrogen and oxygen atoms in total. The number of fused-ring (bicyclic) bond motifs is 1. The third kappa shape index (κ3) is 3.35. The van der Waals surface area contributed by atoms with Crippen LogP contribution in [0.3, 0.4) is 0 Å². The van der Waals surface area contributed by atoms with Gasteiger partial charge in [-0.15, -0.1) is 4.73 Å². The van der Waals surface area contributed by atoms with Crippen molar-refractivity contribution in [3.8, 4) is 0 Å². The smallest absolute Gasteiger partial charge is 0.292 e. The van der Waals surface area contributed by atoms with Crippen molar-refractivity contribution in [2.24, 2.45) is 0 Å². The van der Waals surface area contributed by atoms with Gasteiger partial charge >= 0.3 is 0 Å². The minimum absolute atomic E-state index is 0.0139. The molecule has 1 atom stereocenters. The Kier molecular flexibility index (Phi) is 4.86. The highest BCUT2D eigenvalue weighted by molar-refractivity contribution is 14.1. The van der Waals surface area contributed by atoms with Crippen molar-refractivity contribution >= 4 is 28.5 Å². The molecule has 0 amide bonds. The second kappa shape index (κ2) is 6.88. The van der Waals surface area contributed by atoms with Crippen molar-refractivity contribution in [1.82, 2.24) is 15.0 Å². The monoisotopic (exact) mass is 426 g/mol. The maximum Gasteiger partial charge on any atom is 0.292 e.